The van der Waals surface area contributed by atoms with Crippen LogP contribution in [0.15, 0.2) is 48.5 Å². The topological polar surface area (TPSA) is 70.2 Å². The van der Waals surface area contributed by atoms with E-state index in [1.165, 1.54) is 0 Å². The molecular weight excluding hydrogens is 338 g/mol. The number of hydrogen-bond donors (Lipinski definition) is 3. The van der Waals surface area contributed by atoms with Crippen molar-refractivity contribution in [3.8, 4) is 0 Å². The third-order valence-electron chi connectivity index (χ3n) is 3.86. The van der Waals surface area contributed by atoms with Gasteiger partial charge >= 0.3 is 0 Å². The number of nitrogens with one attached hydrogen (secondary N) is 3. The van der Waals surface area contributed by atoms with Crippen molar-refractivity contribution >= 4 is 29.1 Å². The van der Waals surface area contributed by atoms with Gasteiger partial charge in [-0.15, -0.1) is 0 Å². The summed E-state index contributed by atoms with van der Waals surface area (Å²) in [6, 6.07) is 15.2. The number of hydrogen-bond acceptors (Lipinski definition) is 3. The zero-order valence-corrected chi connectivity index (χ0v) is 15.1. The van der Waals surface area contributed by atoms with Gasteiger partial charge in [-0.3, -0.25) is 9.59 Å². The highest BCUT2D eigenvalue weighted by atomic mass is 35.5. The quantitative estimate of drug-likeness (QED) is 0.711. The molecule has 1 atom stereocenters. The summed E-state index contributed by atoms with van der Waals surface area (Å²) >= 11 is 6.02. The van der Waals surface area contributed by atoms with Gasteiger partial charge in [-0.1, -0.05) is 48.0 Å². The first-order chi connectivity index (χ1) is 12.0. The van der Waals surface area contributed by atoms with Gasteiger partial charge in [0.25, 0.3) is 0 Å². The summed E-state index contributed by atoms with van der Waals surface area (Å²) in [4.78, 5) is 23.8. The van der Waals surface area contributed by atoms with Crippen LogP contribution in [0.2, 0.25) is 5.02 Å². The van der Waals surface area contributed by atoms with Crippen LogP contribution in [0, 0.1) is 6.92 Å². The fourth-order valence-electron chi connectivity index (χ4n) is 2.28. The SMILES string of the molecule is Cc1c(Cl)cccc1NC(=O)CNC(=O)CN[C@H](C)c1ccccc1. The smallest absolute Gasteiger partial charge is 0.243 e. The Morgan fingerprint density at radius 3 is 2.44 bits per heavy atom. The summed E-state index contributed by atoms with van der Waals surface area (Å²) in [5.41, 5.74) is 2.54. The molecule has 132 valence electrons. The number of carbonyl (C=O) groups is 2. The molecule has 0 saturated heterocycles. The number of carbonyl (C=O) groups excluding carboxylic acids is 2. The Balaban J connectivity index is 1.74. The Bertz CT molecular complexity index is 735. The van der Waals surface area contributed by atoms with E-state index in [9.17, 15) is 9.59 Å². The van der Waals surface area contributed by atoms with Gasteiger partial charge in [-0.25, -0.2) is 0 Å². The Kier molecular flexibility index (Phi) is 6.98. The minimum absolute atomic E-state index is 0.0508. The van der Waals surface area contributed by atoms with Crippen LogP contribution in [0.5, 0.6) is 0 Å². The molecule has 2 amide bonds. The van der Waals surface area contributed by atoms with E-state index in [0.717, 1.165) is 11.1 Å². The second kappa shape index (κ2) is 9.20. The van der Waals surface area contributed by atoms with Gasteiger partial charge in [0.15, 0.2) is 0 Å². The summed E-state index contributed by atoms with van der Waals surface area (Å²) < 4.78 is 0. The molecule has 2 rings (SSSR count). The number of benzene rings is 2. The largest absolute Gasteiger partial charge is 0.346 e. The van der Waals surface area contributed by atoms with Crippen LogP contribution in [-0.4, -0.2) is 24.9 Å². The summed E-state index contributed by atoms with van der Waals surface area (Å²) in [6.07, 6.45) is 0. The van der Waals surface area contributed by atoms with Gasteiger partial charge in [0, 0.05) is 16.8 Å². The van der Waals surface area contributed by atoms with Crippen LogP contribution in [0.3, 0.4) is 0 Å². The van der Waals surface area contributed by atoms with Crippen molar-refractivity contribution in [3.05, 3.63) is 64.7 Å². The molecule has 0 radical (unpaired) electrons. The highest BCUT2D eigenvalue weighted by Crippen LogP contribution is 2.22. The Labute approximate surface area is 152 Å². The van der Waals surface area contributed by atoms with Gasteiger partial charge < -0.3 is 16.0 Å². The fraction of sp³-hybridized carbons (Fsp3) is 0.263. The molecule has 0 aliphatic heterocycles. The van der Waals surface area contributed by atoms with Crippen molar-refractivity contribution < 1.29 is 9.59 Å². The molecule has 0 bridgehead atoms. The summed E-state index contributed by atoms with van der Waals surface area (Å²) in [7, 11) is 0. The van der Waals surface area contributed by atoms with Crippen LogP contribution in [0.1, 0.15) is 24.1 Å². The lowest BCUT2D eigenvalue weighted by Gasteiger charge is -2.14. The molecule has 0 aliphatic rings. The number of rotatable bonds is 7. The van der Waals surface area contributed by atoms with E-state index in [2.05, 4.69) is 16.0 Å². The Hall–Kier alpha value is -2.37. The van der Waals surface area contributed by atoms with Crippen molar-refractivity contribution in [2.45, 2.75) is 19.9 Å². The highest BCUT2D eigenvalue weighted by molar-refractivity contribution is 6.31. The predicted molar refractivity (Wildman–Crippen MR) is 101 cm³/mol. The lowest BCUT2D eigenvalue weighted by molar-refractivity contribution is -0.123. The predicted octanol–water partition coefficient (Wildman–Crippen LogP) is 3.05. The molecule has 6 heteroatoms. The van der Waals surface area contributed by atoms with Crippen LogP contribution in [-0.2, 0) is 9.59 Å². The van der Waals surface area contributed by atoms with Gasteiger partial charge in [-0.05, 0) is 37.1 Å². The molecule has 0 saturated carbocycles. The average Bonchev–Trinajstić information content (AvgIpc) is 2.62. The first-order valence-electron chi connectivity index (χ1n) is 8.07. The number of halogens is 1. The van der Waals surface area contributed by atoms with E-state index in [1.807, 2.05) is 44.2 Å². The molecule has 25 heavy (non-hydrogen) atoms. The van der Waals surface area contributed by atoms with Crippen molar-refractivity contribution in [1.82, 2.24) is 10.6 Å². The summed E-state index contributed by atoms with van der Waals surface area (Å²) in [5.74, 6) is -0.532. The molecule has 0 heterocycles. The average molecular weight is 360 g/mol. The lowest BCUT2D eigenvalue weighted by atomic mass is 10.1. The van der Waals surface area contributed by atoms with Gasteiger partial charge in [0.05, 0.1) is 13.1 Å². The second-order valence-corrected chi connectivity index (χ2v) is 6.16. The molecule has 0 aliphatic carbocycles. The van der Waals surface area contributed by atoms with Gasteiger partial charge in [-0.2, -0.15) is 0 Å². The van der Waals surface area contributed by atoms with Crippen molar-refractivity contribution in [3.63, 3.8) is 0 Å². The number of anilines is 1. The van der Waals surface area contributed by atoms with Crippen molar-refractivity contribution in [2.75, 3.05) is 18.4 Å². The maximum atomic E-state index is 12.0. The lowest BCUT2D eigenvalue weighted by Crippen LogP contribution is -2.39. The maximum absolute atomic E-state index is 12.0. The van der Waals surface area contributed by atoms with Crippen molar-refractivity contribution in [1.29, 1.82) is 0 Å². The maximum Gasteiger partial charge on any atom is 0.243 e. The van der Waals surface area contributed by atoms with E-state index in [0.29, 0.717) is 10.7 Å². The van der Waals surface area contributed by atoms with Gasteiger partial charge in [0.2, 0.25) is 11.8 Å². The molecule has 2 aromatic carbocycles. The molecule has 0 aromatic heterocycles. The second-order valence-electron chi connectivity index (χ2n) is 5.75. The minimum atomic E-state index is -0.296. The highest BCUT2D eigenvalue weighted by Gasteiger charge is 2.10. The van der Waals surface area contributed by atoms with Crippen molar-refractivity contribution in [2.24, 2.45) is 0 Å². The molecule has 3 N–H and O–H groups in total. The molecule has 2 aromatic rings. The van der Waals surface area contributed by atoms with E-state index >= 15 is 0 Å². The molecule has 0 spiro atoms. The molecule has 0 unspecified atom stereocenters. The normalized spacial score (nSPS) is 11.6. The summed E-state index contributed by atoms with van der Waals surface area (Å²) in [6.45, 7) is 3.86. The van der Waals surface area contributed by atoms with Gasteiger partial charge in [0.1, 0.15) is 0 Å². The first kappa shape index (κ1) is 19.0. The van der Waals surface area contributed by atoms with E-state index in [4.69, 9.17) is 11.6 Å². The van der Waals surface area contributed by atoms with E-state index < -0.39 is 0 Å². The minimum Gasteiger partial charge on any atom is -0.346 e. The van der Waals surface area contributed by atoms with Crippen LogP contribution >= 0.6 is 11.6 Å². The first-order valence-corrected chi connectivity index (χ1v) is 8.45. The molecule has 5 nitrogen and oxygen atoms in total. The summed E-state index contributed by atoms with van der Waals surface area (Å²) in [5, 5.41) is 9.05. The monoisotopic (exact) mass is 359 g/mol. The number of amides is 2. The van der Waals surface area contributed by atoms with E-state index in [1.54, 1.807) is 18.2 Å². The van der Waals surface area contributed by atoms with E-state index in [-0.39, 0.29) is 30.9 Å². The Morgan fingerprint density at radius 2 is 1.72 bits per heavy atom. The van der Waals surface area contributed by atoms with Crippen LogP contribution < -0.4 is 16.0 Å². The molecular formula is C19H22ClN3O2. The zero-order chi connectivity index (χ0) is 18.2. The van der Waals surface area contributed by atoms with Crippen LogP contribution in [0.4, 0.5) is 5.69 Å². The standard InChI is InChI=1S/C19H22ClN3O2/c1-13-16(20)9-6-10-17(13)23-19(25)12-22-18(24)11-21-14(2)15-7-4-3-5-8-15/h3-10,14,21H,11-12H2,1-2H3,(H,22,24)(H,23,25)/t14-/m1/s1. The third kappa shape index (κ3) is 5.89. The Morgan fingerprint density at radius 1 is 1.00 bits per heavy atom. The zero-order valence-electron chi connectivity index (χ0n) is 14.3. The molecule has 0 fully saturated rings. The van der Waals surface area contributed by atoms with Crippen LogP contribution in [0.25, 0.3) is 0 Å². The fourth-order valence-corrected chi connectivity index (χ4v) is 2.46. The third-order valence-corrected chi connectivity index (χ3v) is 4.27.